The van der Waals surface area contributed by atoms with Gasteiger partial charge in [0.2, 0.25) is 0 Å². The van der Waals surface area contributed by atoms with Crippen LogP contribution in [-0.2, 0) is 6.54 Å². The third-order valence-corrected chi connectivity index (χ3v) is 2.94. The molecule has 0 aliphatic rings. The van der Waals surface area contributed by atoms with Crippen molar-refractivity contribution < 1.29 is 4.79 Å². The summed E-state index contributed by atoms with van der Waals surface area (Å²) >= 11 is 2.13. The van der Waals surface area contributed by atoms with E-state index in [9.17, 15) is 4.79 Å². The molecule has 16 heavy (non-hydrogen) atoms. The molecule has 2 rings (SSSR count). The highest BCUT2D eigenvalue weighted by Crippen LogP contribution is 2.10. The van der Waals surface area contributed by atoms with Crippen molar-refractivity contribution in [2.75, 3.05) is 0 Å². The summed E-state index contributed by atoms with van der Waals surface area (Å²) < 4.78 is 0.926. The maximum atomic E-state index is 11.8. The highest BCUT2D eigenvalue weighted by Gasteiger charge is 2.08. The zero-order chi connectivity index (χ0) is 11.4. The normalized spacial score (nSPS) is 10.1. The third kappa shape index (κ3) is 2.57. The summed E-state index contributed by atoms with van der Waals surface area (Å²) in [6.45, 7) is 0.351. The van der Waals surface area contributed by atoms with Gasteiger partial charge in [-0.2, -0.15) is 5.10 Å². The second-order valence-electron chi connectivity index (χ2n) is 3.09. The Morgan fingerprint density at radius 1 is 1.44 bits per heavy atom. The first-order valence-electron chi connectivity index (χ1n) is 4.64. The lowest BCUT2D eigenvalue weighted by atomic mass is 10.2. The minimum atomic E-state index is -0.110. The molecule has 1 heterocycles. The molecule has 0 spiro atoms. The first kappa shape index (κ1) is 11.1. The smallest absolute Gasteiger partial charge is 0.252 e. The number of hydrogen-bond donors (Lipinski definition) is 2. The van der Waals surface area contributed by atoms with Crippen molar-refractivity contribution in [1.82, 2.24) is 20.5 Å². The molecule has 6 heteroatoms. The highest BCUT2D eigenvalue weighted by molar-refractivity contribution is 14.1. The Balaban J connectivity index is 2.01. The molecule has 0 aliphatic carbocycles. The first-order valence-corrected chi connectivity index (χ1v) is 5.72. The molecular formula is C10H9IN4O. The lowest BCUT2D eigenvalue weighted by Crippen LogP contribution is -2.24. The fourth-order valence-electron chi connectivity index (χ4n) is 1.22. The molecule has 0 saturated heterocycles. The van der Waals surface area contributed by atoms with Crippen LogP contribution in [0.25, 0.3) is 0 Å². The molecule has 5 nitrogen and oxygen atoms in total. The van der Waals surface area contributed by atoms with Crippen LogP contribution in [0.5, 0.6) is 0 Å². The van der Waals surface area contributed by atoms with Crippen LogP contribution in [0.1, 0.15) is 16.2 Å². The molecule has 0 aliphatic heterocycles. The summed E-state index contributed by atoms with van der Waals surface area (Å²) in [6.07, 6.45) is 1.41. The lowest BCUT2D eigenvalue weighted by molar-refractivity contribution is 0.0949. The number of H-pyrrole nitrogens is 1. The van der Waals surface area contributed by atoms with Gasteiger partial charge in [0.1, 0.15) is 12.2 Å². The maximum Gasteiger partial charge on any atom is 0.252 e. The predicted octanol–water partition coefficient (Wildman–Crippen LogP) is 1.34. The number of halogens is 1. The highest BCUT2D eigenvalue weighted by atomic mass is 127. The molecule has 0 unspecified atom stereocenters. The predicted molar refractivity (Wildman–Crippen MR) is 66.7 cm³/mol. The summed E-state index contributed by atoms with van der Waals surface area (Å²) in [5.41, 5.74) is 0.669. The monoisotopic (exact) mass is 328 g/mol. The van der Waals surface area contributed by atoms with E-state index < -0.39 is 0 Å². The largest absolute Gasteiger partial charge is 0.345 e. The summed E-state index contributed by atoms with van der Waals surface area (Å²) in [4.78, 5) is 15.7. The number of amides is 1. The van der Waals surface area contributed by atoms with Gasteiger partial charge in [0.25, 0.3) is 5.91 Å². The first-order chi connectivity index (χ1) is 7.77. The van der Waals surface area contributed by atoms with E-state index in [2.05, 4.69) is 43.1 Å². The van der Waals surface area contributed by atoms with Gasteiger partial charge in [-0.1, -0.05) is 12.1 Å². The van der Waals surface area contributed by atoms with Crippen molar-refractivity contribution >= 4 is 28.5 Å². The number of aromatic amines is 1. The Labute approximate surface area is 106 Å². The minimum absolute atomic E-state index is 0.110. The van der Waals surface area contributed by atoms with Crippen molar-refractivity contribution in [2.45, 2.75) is 6.54 Å². The number of carbonyl (C=O) groups is 1. The third-order valence-electron chi connectivity index (χ3n) is 2.00. The molecule has 2 aromatic rings. The van der Waals surface area contributed by atoms with Gasteiger partial charge in [0.15, 0.2) is 0 Å². The van der Waals surface area contributed by atoms with Gasteiger partial charge in [0.05, 0.1) is 12.1 Å². The molecule has 1 amide bonds. The van der Waals surface area contributed by atoms with E-state index in [0.29, 0.717) is 17.9 Å². The number of rotatable bonds is 3. The van der Waals surface area contributed by atoms with E-state index in [1.165, 1.54) is 6.33 Å². The summed E-state index contributed by atoms with van der Waals surface area (Å²) in [7, 11) is 0. The zero-order valence-electron chi connectivity index (χ0n) is 8.27. The van der Waals surface area contributed by atoms with E-state index >= 15 is 0 Å². The molecule has 0 fully saturated rings. The van der Waals surface area contributed by atoms with E-state index in [-0.39, 0.29) is 5.91 Å². The minimum Gasteiger partial charge on any atom is -0.345 e. The molecule has 82 valence electrons. The topological polar surface area (TPSA) is 70.7 Å². The maximum absolute atomic E-state index is 11.8. The number of nitrogens with zero attached hydrogens (tertiary/aromatic N) is 2. The second-order valence-corrected chi connectivity index (χ2v) is 4.26. The molecular weight excluding hydrogens is 319 g/mol. The van der Waals surface area contributed by atoms with Gasteiger partial charge < -0.3 is 5.32 Å². The number of aromatic nitrogens is 3. The fourth-order valence-corrected chi connectivity index (χ4v) is 1.85. The Hall–Kier alpha value is -1.44. The van der Waals surface area contributed by atoms with Crippen molar-refractivity contribution in [2.24, 2.45) is 0 Å². The summed E-state index contributed by atoms with van der Waals surface area (Å²) in [5, 5.41) is 9.15. The standard InChI is InChI=1S/C10H9IN4O/c11-8-4-2-1-3-7(8)10(16)12-5-9-13-6-14-15-9/h1-4,6H,5H2,(H,12,16)(H,13,14,15). The van der Waals surface area contributed by atoms with E-state index in [1.807, 2.05) is 18.2 Å². The Morgan fingerprint density at radius 2 is 2.25 bits per heavy atom. The van der Waals surface area contributed by atoms with E-state index in [1.54, 1.807) is 6.07 Å². The van der Waals surface area contributed by atoms with Gasteiger partial charge >= 0.3 is 0 Å². The molecule has 0 radical (unpaired) electrons. The van der Waals surface area contributed by atoms with Crippen molar-refractivity contribution in [3.63, 3.8) is 0 Å². The Bertz CT molecular complexity index is 483. The molecule has 0 atom stereocenters. The van der Waals surface area contributed by atoms with Crippen molar-refractivity contribution in [3.05, 3.63) is 45.6 Å². The summed E-state index contributed by atoms with van der Waals surface area (Å²) in [6, 6.07) is 7.42. The van der Waals surface area contributed by atoms with E-state index in [0.717, 1.165) is 3.57 Å². The molecule has 2 N–H and O–H groups in total. The average Bonchev–Trinajstić information content (AvgIpc) is 2.79. The van der Waals surface area contributed by atoms with Crippen LogP contribution < -0.4 is 5.32 Å². The van der Waals surface area contributed by atoms with Crippen LogP contribution >= 0.6 is 22.6 Å². The zero-order valence-corrected chi connectivity index (χ0v) is 10.4. The van der Waals surface area contributed by atoms with Gasteiger partial charge in [-0.15, -0.1) is 0 Å². The van der Waals surface area contributed by atoms with Crippen LogP contribution in [0.3, 0.4) is 0 Å². The molecule has 0 saturated carbocycles. The van der Waals surface area contributed by atoms with E-state index in [4.69, 9.17) is 0 Å². The van der Waals surface area contributed by atoms with Crippen LogP contribution in [0.2, 0.25) is 0 Å². The lowest BCUT2D eigenvalue weighted by Gasteiger charge is -2.04. The number of benzene rings is 1. The number of carbonyl (C=O) groups excluding carboxylic acids is 1. The number of nitrogens with one attached hydrogen (secondary N) is 2. The van der Waals surface area contributed by atoms with Gasteiger partial charge in [-0.3, -0.25) is 9.89 Å². The van der Waals surface area contributed by atoms with Crippen LogP contribution in [0.15, 0.2) is 30.6 Å². The average molecular weight is 328 g/mol. The van der Waals surface area contributed by atoms with Gasteiger partial charge in [0, 0.05) is 3.57 Å². The van der Waals surface area contributed by atoms with Crippen LogP contribution in [-0.4, -0.2) is 21.1 Å². The number of hydrogen-bond acceptors (Lipinski definition) is 3. The van der Waals surface area contributed by atoms with Gasteiger partial charge in [-0.05, 0) is 34.7 Å². The Kier molecular flexibility index (Phi) is 3.50. The Morgan fingerprint density at radius 3 is 2.94 bits per heavy atom. The molecule has 0 bridgehead atoms. The fraction of sp³-hybridized carbons (Fsp3) is 0.100. The molecule has 1 aromatic heterocycles. The quantitative estimate of drug-likeness (QED) is 0.836. The van der Waals surface area contributed by atoms with Gasteiger partial charge in [-0.25, -0.2) is 4.98 Å². The van der Waals surface area contributed by atoms with Crippen LogP contribution in [0, 0.1) is 3.57 Å². The van der Waals surface area contributed by atoms with Crippen molar-refractivity contribution in [3.8, 4) is 0 Å². The second kappa shape index (κ2) is 5.06. The summed E-state index contributed by atoms with van der Waals surface area (Å²) in [5.74, 6) is 0.528. The molecule has 1 aromatic carbocycles. The SMILES string of the molecule is O=C(NCc1ncn[nH]1)c1ccccc1I. The van der Waals surface area contributed by atoms with Crippen molar-refractivity contribution in [1.29, 1.82) is 0 Å². The van der Waals surface area contributed by atoms with Crippen LogP contribution in [0.4, 0.5) is 0 Å².